The van der Waals surface area contributed by atoms with Crippen molar-refractivity contribution in [2.75, 3.05) is 27.3 Å². The van der Waals surface area contributed by atoms with Gasteiger partial charge in [-0.25, -0.2) is 0 Å². The van der Waals surface area contributed by atoms with Crippen molar-refractivity contribution in [2.45, 2.75) is 18.9 Å². The number of nitrogens with zero attached hydrogens (tertiary/aromatic N) is 2. The molecule has 1 unspecified atom stereocenters. The highest BCUT2D eigenvalue weighted by Crippen LogP contribution is 2.37. The van der Waals surface area contributed by atoms with Gasteiger partial charge < -0.3 is 14.6 Å². The molecule has 0 radical (unpaired) electrons. The lowest BCUT2D eigenvalue weighted by Gasteiger charge is -2.37. The van der Waals surface area contributed by atoms with Crippen LogP contribution in [0.25, 0.3) is 10.9 Å². The van der Waals surface area contributed by atoms with Gasteiger partial charge in [0.05, 0.1) is 31.7 Å². The summed E-state index contributed by atoms with van der Waals surface area (Å²) in [4.78, 5) is 18.4. The van der Waals surface area contributed by atoms with Crippen molar-refractivity contribution in [3.8, 4) is 11.5 Å². The summed E-state index contributed by atoms with van der Waals surface area (Å²) in [6.45, 7) is 1.42. The lowest BCUT2D eigenvalue weighted by molar-refractivity contribution is -0.143. The number of methoxy groups -OCH3 is 2. The zero-order valence-corrected chi connectivity index (χ0v) is 17.2. The Hall–Kier alpha value is -3.12. The topological polar surface area (TPSA) is 71.9 Å². The molecule has 1 aliphatic rings. The third kappa shape index (κ3) is 3.96. The maximum atomic E-state index is 11.4. The van der Waals surface area contributed by atoms with E-state index >= 15 is 0 Å². The molecule has 0 bridgehead atoms. The summed E-state index contributed by atoms with van der Waals surface area (Å²) >= 11 is 0. The molecule has 1 saturated heterocycles. The highest BCUT2D eigenvalue weighted by Gasteiger charge is 2.31. The third-order valence-corrected chi connectivity index (χ3v) is 5.89. The summed E-state index contributed by atoms with van der Waals surface area (Å²) in [5.74, 6) is 0.377. The van der Waals surface area contributed by atoms with Crippen LogP contribution in [0.15, 0.2) is 54.7 Å². The molecule has 0 amide bonds. The number of piperidine rings is 1. The number of aliphatic carboxylic acids is 1. The van der Waals surface area contributed by atoms with Crippen molar-refractivity contribution in [1.29, 1.82) is 0 Å². The number of aromatic nitrogens is 1. The van der Waals surface area contributed by atoms with Gasteiger partial charge in [0.25, 0.3) is 0 Å². The smallest absolute Gasteiger partial charge is 0.306 e. The van der Waals surface area contributed by atoms with E-state index in [9.17, 15) is 9.90 Å². The van der Waals surface area contributed by atoms with E-state index in [1.807, 2.05) is 42.6 Å². The molecule has 4 rings (SSSR count). The number of ether oxygens (including phenoxy) is 2. The van der Waals surface area contributed by atoms with Gasteiger partial charge in [-0.2, -0.15) is 0 Å². The second-order valence-electron chi connectivity index (χ2n) is 7.63. The molecule has 156 valence electrons. The molecular weight excluding hydrogens is 380 g/mol. The van der Waals surface area contributed by atoms with Crippen molar-refractivity contribution < 1.29 is 19.4 Å². The number of carboxylic acids is 1. The molecule has 1 aromatic heterocycles. The Balaban J connectivity index is 1.75. The second kappa shape index (κ2) is 8.71. The van der Waals surface area contributed by atoms with E-state index in [1.165, 1.54) is 0 Å². The van der Waals surface area contributed by atoms with Crippen LogP contribution in [0.5, 0.6) is 11.5 Å². The number of likely N-dealkylation sites (tertiary alicyclic amines) is 1. The highest BCUT2D eigenvalue weighted by molar-refractivity contribution is 5.79. The van der Waals surface area contributed by atoms with E-state index in [0.29, 0.717) is 37.4 Å². The average Bonchev–Trinajstić information content (AvgIpc) is 2.79. The molecule has 0 spiro atoms. The monoisotopic (exact) mass is 406 g/mol. The summed E-state index contributed by atoms with van der Waals surface area (Å²) in [5.41, 5.74) is 3.10. The van der Waals surface area contributed by atoms with Crippen LogP contribution in [0.3, 0.4) is 0 Å². The molecule has 1 atom stereocenters. The fourth-order valence-electron chi connectivity index (χ4n) is 4.28. The van der Waals surface area contributed by atoms with E-state index in [0.717, 1.165) is 22.0 Å². The zero-order valence-electron chi connectivity index (χ0n) is 17.2. The quantitative estimate of drug-likeness (QED) is 0.663. The molecule has 3 aromatic rings. The van der Waals surface area contributed by atoms with Crippen molar-refractivity contribution >= 4 is 16.9 Å². The van der Waals surface area contributed by atoms with Crippen LogP contribution in [0.4, 0.5) is 0 Å². The summed E-state index contributed by atoms with van der Waals surface area (Å²) in [6, 6.07) is 16.2. The van der Waals surface area contributed by atoms with Crippen molar-refractivity contribution in [3.05, 3.63) is 65.9 Å². The van der Waals surface area contributed by atoms with Gasteiger partial charge in [-0.15, -0.1) is 0 Å². The number of benzene rings is 2. The molecule has 1 fully saturated rings. The van der Waals surface area contributed by atoms with E-state index < -0.39 is 5.97 Å². The number of hydrogen-bond donors (Lipinski definition) is 1. The molecule has 2 aromatic carbocycles. The van der Waals surface area contributed by atoms with E-state index in [4.69, 9.17) is 9.47 Å². The van der Waals surface area contributed by atoms with Crippen LogP contribution in [0, 0.1) is 5.92 Å². The minimum Gasteiger partial charge on any atom is -0.493 e. The first-order chi connectivity index (χ1) is 14.6. The Kier molecular flexibility index (Phi) is 5.86. The van der Waals surface area contributed by atoms with Gasteiger partial charge >= 0.3 is 5.97 Å². The molecule has 2 heterocycles. The number of carboxylic acid groups (broad SMARTS) is 1. The second-order valence-corrected chi connectivity index (χ2v) is 7.63. The molecule has 1 N–H and O–H groups in total. The number of carbonyl (C=O) groups is 1. The van der Waals surface area contributed by atoms with E-state index in [1.54, 1.807) is 14.2 Å². The highest BCUT2D eigenvalue weighted by atomic mass is 16.5. The van der Waals surface area contributed by atoms with Crippen LogP contribution < -0.4 is 9.47 Å². The van der Waals surface area contributed by atoms with E-state index in [2.05, 4.69) is 22.0 Å². The summed E-state index contributed by atoms with van der Waals surface area (Å²) in [5, 5.41) is 10.5. The van der Waals surface area contributed by atoms with Crippen LogP contribution in [-0.2, 0) is 4.79 Å². The largest absolute Gasteiger partial charge is 0.493 e. The molecule has 6 heteroatoms. The molecular formula is C24H26N2O4. The average molecular weight is 406 g/mol. The lowest BCUT2D eigenvalue weighted by atomic mass is 9.91. The van der Waals surface area contributed by atoms with Gasteiger partial charge in [-0.3, -0.25) is 14.7 Å². The first kappa shape index (κ1) is 20.2. The number of fused-ring (bicyclic) bond motifs is 1. The van der Waals surface area contributed by atoms with Crippen molar-refractivity contribution in [2.24, 2.45) is 5.92 Å². The Morgan fingerprint density at radius 3 is 2.47 bits per heavy atom. The summed E-state index contributed by atoms with van der Waals surface area (Å²) < 4.78 is 10.9. The zero-order chi connectivity index (χ0) is 21.1. The number of pyridine rings is 1. The molecule has 30 heavy (non-hydrogen) atoms. The van der Waals surface area contributed by atoms with Gasteiger partial charge in [0, 0.05) is 11.6 Å². The number of para-hydroxylation sites is 1. The Morgan fingerprint density at radius 2 is 1.77 bits per heavy atom. The summed E-state index contributed by atoms with van der Waals surface area (Å²) in [7, 11) is 3.26. The van der Waals surface area contributed by atoms with Crippen LogP contribution >= 0.6 is 0 Å². The molecule has 1 aliphatic heterocycles. The summed E-state index contributed by atoms with van der Waals surface area (Å²) in [6.07, 6.45) is 3.20. The van der Waals surface area contributed by atoms with Crippen LogP contribution in [0.2, 0.25) is 0 Å². The SMILES string of the molecule is COc1ccc(C(c2cnc3ccccc3c2)N2CCC(C(=O)O)CC2)cc1OC. The molecule has 0 aliphatic carbocycles. The predicted octanol–water partition coefficient (Wildman–Crippen LogP) is 4.14. The fourth-order valence-corrected chi connectivity index (χ4v) is 4.28. The Bertz CT molecular complexity index is 1040. The third-order valence-electron chi connectivity index (χ3n) is 5.89. The Morgan fingerprint density at radius 1 is 1.03 bits per heavy atom. The van der Waals surface area contributed by atoms with Crippen molar-refractivity contribution in [3.63, 3.8) is 0 Å². The number of rotatable bonds is 6. The van der Waals surface area contributed by atoms with E-state index in [-0.39, 0.29) is 12.0 Å². The van der Waals surface area contributed by atoms with Gasteiger partial charge in [0.2, 0.25) is 0 Å². The first-order valence-electron chi connectivity index (χ1n) is 10.1. The van der Waals surface area contributed by atoms with Crippen LogP contribution in [-0.4, -0.2) is 48.3 Å². The van der Waals surface area contributed by atoms with Crippen molar-refractivity contribution in [1.82, 2.24) is 9.88 Å². The van der Waals surface area contributed by atoms with Gasteiger partial charge in [-0.1, -0.05) is 24.3 Å². The standard InChI is InChI=1S/C24H26N2O4/c1-29-21-8-7-18(14-22(21)30-2)23(26-11-9-16(10-12-26)24(27)28)19-13-17-5-3-4-6-20(17)25-15-19/h3-8,13-16,23H,9-12H2,1-2H3,(H,27,28). The van der Waals surface area contributed by atoms with Gasteiger partial charge in [-0.05, 0) is 61.3 Å². The lowest BCUT2D eigenvalue weighted by Crippen LogP contribution is -2.39. The number of hydrogen-bond acceptors (Lipinski definition) is 5. The fraction of sp³-hybridized carbons (Fsp3) is 0.333. The molecule has 0 saturated carbocycles. The Labute approximate surface area is 176 Å². The minimum atomic E-state index is -0.704. The normalized spacial score (nSPS) is 16.3. The van der Waals surface area contributed by atoms with Gasteiger partial charge in [0.1, 0.15) is 0 Å². The maximum Gasteiger partial charge on any atom is 0.306 e. The van der Waals surface area contributed by atoms with Gasteiger partial charge in [0.15, 0.2) is 11.5 Å². The first-order valence-corrected chi connectivity index (χ1v) is 10.1. The maximum absolute atomic E-state index is 11.4. The molecule has 6 nitrogen and oxygen atoms in total. The van der Waals surface area contributed by atoms with Crippen LogP contribution in [0.1, 0.15) is 30.0 Å². The predicted molar refractivity (Wildman–Crippen MR) is 115 cm³/mol. The minimum absolute atomic E-state index is 0.0448.